The van der Waals surface area contributed by atoms with Gasteiger partial charge in [0.1, 0.15) is 0 Å². The van der Waals surface area contributed by atoms with E-state index in [9.17, 15) is 0 Å². The van der Waals surface area contributed by atoms with Gasteiger partial charge in [0, 0.05) is 5.54 Å². The Labute approximate surface area is 86.2 Å². The third-order valence-electron chi connectivity index (χ3n) is 5.10. The van der Waals surface area contributed by atoms with Crippen molar-refractivity contribution in [3.05, 3.63) is 0 Å². The maximum absolute atomic E-state index is 6.38. The Balaban J connectivity index is 1.82. The molecule has 3 unspecified atom stereocenters. The molecule has 2 N–H and O–H groups in total. The second-order valence-corrected chi connectivity index (χ2v) is 6.09. The fourth-order valence-corrected chi connectivity index (χ4v) is 3.55. The van der Waals surface area contributed by atoms with Crippen LogP contribution in [0.25, 0.3) is 0 Å². The lowest BCUT2D eigenvalue weighted by Crippen LogP contribution is -2.48. The number of hydrogen-bond acceptors (Lipinski definition) is 2. The van der Waals surface area contributed by atoms with Gasteiger partial charge in [-0.2, -0.15) is 0 Å². The van der Waals surface area contributed by atoms with Crippen LogP contribution in [0.15, 0.2) is 0 Å². The number of rotatable bonds is 2. The Morgan fingerprint density at radius 1 is 1.29 bits per heavy atom. The lowest BCUT2D eigenvalue weighted by molar-refractivity contribution is 0.0486. The predicted molar refractivity (Wildman–Crippen MR) is 55.9 cm³/mol. The van der Waals surface area contributed by atoms with Crippen LogP contribution in [0.3, 0.4) is 0 Å². The Kier molecular flexibility index (Phi) is 1.66. The highest BCUT2D eigenvalue weighted by Gasteiger charge is 2.59. The van der Waals surface area contributed by atoms with Crippen molar-refractivity contribution in [1.29, 1.82) is 0 Å². The van der Waals surface area contributed by atoms with Gasteiger partial charge in [-0.15, -0.1) is 0 Å². The van der Waals surface area contributed by atoms with Crippen LogP contribution in [0.2, 0.25) is 0 Å². The molecule has 3 atom stereocenters. The fourth-order valence-electron chi connectivity index (χ4n) is 3.55. The van der Waals surface area contributed by atoms with Gasteiger partial charge in [0.2, 0.25) is 0 Å². The van der Waals surface area contributed by atoms with Crippen LogP contribution in [0, 0.1) is 11.3 Å². The van der Waals surface area contributed by atoms with E-state index < -0.39 is 0 Å². The molecule has 2 saturated heterocycles. The van der Waals surface area contributed by atoms with Gasteiger partial charge in [-0.05, 0) is 43.4 Å². The molecule has 0 radical (unpaired) electrons. The zero-order valence-electron chi connectivity index (χ0n) is 9.25. The summed E-state index contributed by atoms with van der Waals surface area (Å²) in [6.07, 6.45) is 7.34. The molecule has 0 spiro atoms. The van der Waals surface area contributed by atoms with Gasteiger partial charge in [0.05, 0.1) is 12.2 Å². The Morgan fingerprint density at radius 3 is 2.43 bits per heavy atom. The molecule has 14 heavy (non-hydrogen) atoms. The van der Waals surface area contributed by atoms with E-state index in [2.05, 4.69) is 13.8 Å². The predicted octanol–water partition coefficient (Wildman–Crippen LogP) is 2.07. The zero-order valence-corrected chi connectivity index (χ0v) is 9.25. The van der Waals surface area contributed by atoms with E-state index in [0.29, 0.717) is 18.1 Å². The topological polar surface area (TPSA) is 35.2 Å². The minimum absolute atomic E-state index is 0.130. The maximum Gasteiger partial charge on any atom is 0.0614 e. The Hall–Kier alpha value is -0.0800. The first-order chi connectivity index (χ1) is 6.53. The summed E-state index contributed by atoms with van der Waals surface area (Å²) in [5.41, 5.74) is 6.80. The average molecular weight is 195 g/mol. The maximum atomic E-state index is 6.38. The van der Waals surface area contributed by atoms with Crippen molar-refractivity contribution in [3.8, 4) is 0 Å². The molecule has 2 aliphatic heterocycles. The molecular weight excluding hydrogens is 174 g/mol. The standard InChI is InChI=1S/C12H21NO/c1-11(2,12(13)5-6-12)9-7-8-3-4-10(9)14-8/h8-10H,3-7,13H2,1-2H3. The molecular formula is C12H21NO. The zero-order chi connectivity index (χ0) is 9.97. The van der Waals surface area contributed by atoms with E-state index in [1.807, 2.05) is 0 Å². The molecule has 0 aromatic carbocycles. The second-order valence-electron chi connectivity index (χ2n) is 6.09. The van der Waals surface area contributed by atoms with E-state index in [4.69, 9.17) is 10.5 Å². The van der Waals surface area contributed by atoms with Crippen LogP contribution < -0.4 is 5.73 Å². The summed E-state index contributed by atoms with van der Waals surface area (Å²) in [5.74, 6) is 0.716. The summed E-state index contributed by atoms with van der Waals surface area (Å²) in [6, 6.07) is 0. The van der Waals surface area contributed by atoms with E-state index in [-0.39, 0.29) is 11.0 Å². The Bertz CT molecular complexity index is 257. The molecule has 2 nitrogen and oxygen atoms in total. The highest BCUT2D eigenvalue weighted by Crippen LogP contribution is 2.57. The summed E-state index contributed by atoms with van der Waals surface area (Å²) < 4.78 is 5.94. The van der Waals surface area contributed by atoms with Gasteiger partial charge in [-0.1, -0.05) is 13.8 Å². The van der Waals surface area contributed by atoms with Gasteiger partial charge >= 0.3 is 0 Å². The van der Waals surface area contributed by atoms with Gasteiger partial charge in [0.15, 0.2) is 0 Å². The van der Waals surface area contributed by atoms with E-state index in [1.54, 1.807) is 0 Å². The van der Waals surface area contributed by atoms with Crippen molar-refractivity contribution in [2.45, 2.75) is 63.7 Å². The number of fused-ring (bicyclic) bond motifs is 2. The van der Waals surface area contributed by atoms with Crippen LogP contribution in [0.1, 0.15) is 46.0 Å². The minimum Gasteiger partial charge on any atom is -0.375 e. The molecule has 3 aliphatic rings. The van der Waals surface area contributed by atoms with Crippen LogP contribution in [-0.2, 0) is 4.74 Å². The van der Waals surface area contributed by atoms with Gasteiger partial charge in [-0.3, -0.25) is 0 Å². The summed E-state index contributed by atoms with van der Waals surface area (Å²) >= 11 is 0. The third-order valence-corrected chi connectivity index (χ3v) is 5.10. The van der Waals surface area contributed by atoms with E-state index in [1.165, 1.54) is 32.1 Å². The third kappa shape index (κ3) is 1.04. The van der Waals surface area contributed by atoms with Crippen LogP contribution in [-0.4, -0.2) is 17.7 Å². The molecule has 1 aliphatic carbocycles. The highest BCUT2D eigenvalue weighted by molar-refractivity contribution is 5.14. The normalized spacial score (nSPS) is 44.4. The summed E-state index contributed by atoms with van der Waals surface area (Å²) in [4.78, 5) is 0. The van der Waals surface area contributed by atoms with Crippen molar-refractivity contribution in [2.24, 2.45) is 17.1 Å². The number of ether oxygens (including phenoxy) is 1. The minimum atomic E-state index is 0.130. The monoisotopic (exact) mass is 195 g/mol. The molecule has 0 aromatic heterocycles. The Morgan fingerprint density at radius 2 is 2.00 bits per heavy atom. The van der Waals surface area contributed by atoms with Crippen LogP contribution in [0.5, 0.6) is 0 Å². The lowest BCUT2D eigenvalue weighted by Gasteiger charge is -2.40. The number of hydrogen-bond donors (Lipinski definition) is 1. The lowest BCUT2D eigenvalue weighted by atomic mass is 9.66. The van der Waals surface area contributed by atoms with E-state index in [0.717, 1.165) is 0 Å². The summed E-state index contributed by atoms with van der Waals surface area (Å²) in [7, 11) is 0. The largest absolute Gasteiger partial charge is 0.375 e. The molecule has 1 saturated carbocycles. The van der Waals surface area contributed by atoms with Crippen LogP contribution in [0.4, 0.5) is 0 Å². The molecule has 80 valence electrons. The molecule has 2 bridgehead atoms. The molecule has 3 rings (SSSR count). The molecule has 2 heterocycles. The number of nitrogens with two attached hydrogens (primary N) is 1. The van der Waals surface area contributed by atoms with Crippen molar-refractivity contribution in [2.75, 3.05) is 0 Å². The quantitative estimate of drug-likeness (QED) is 0.732. The smallest absolute Gasteiger partial charge is 0.0614 e. The molecule has 0 amide bonds. The molecule has 3 fully saturated rings. The van der Waals surface area contributed by atoms with Crippen molar-refractivity contribution >= 4 is 0 Å². The van der Waals surface area contributed by atoms with E-state index >= 15 is 0 Å². The van der Waals surface area contributed by atoms with Gasteiger partial charge in [0.25, 0.3) is 0 Å². The van der Waals surface area contributed by atoms with Gasteiger partial charge < -0.3 is 10.5 Å². The first-order valence-electron chi connectivity index (χ1n) is 5.97. The highest BCUT2D eigenvalue weighted by atomic mass is 16.5. The SMILES string of the molecule is CC(C)(C1CC2CCC1O2)C1(N)CC1. The van der Waals surface area contributed by atoms with Crippen molar-refractivity contribution < 1.29 is 4.74 Å². The summed E-state index contributed by atoms with van der Waals surface area (Å²) in [6.45, 7) is 4.71. The first-order valence-corrected chi connectivity index (χ1v) is 5.97. The second kappa shape index (κ2) is 2.53. The molecule has 0 aromatic rings. The van der Waals surface area contributed by atoms with Crippen molar-refractivity contribution in [1.82, 2.24) is 0 Å². The summed E-state index contributed by atoms with van der Waals surface area (Å²) in [5, 5.41) is 0. The average Bonchev–Trinajstić information content (AvgIpc) is 2.66. The molecule has 2 heteroatoms. The van der Waals surface area contributed by atoms with Crippen molar-refractivity contribution in [3.63, 3.8) is 0 Å². The van der Waals surface area contributed by atoms with Crippen LogP contribution >= 0.6 is 0 Å². The fraction of sp³-hybridized carbons (Fsp3) is 1.00. The first kappa shape index (κ1) is 9.17. The van der Waals surface area contributed by atoms with Gasteiger partial charge in [-0.25, -0.2) is 0 Å².